The first-order valence-electron chi connectivity index (χ1n) is 7.39. The third kappa shape index (κ3) is 3.29. The molecule has 124 valence electrons. The van der Waals surface area contributed by atoms with Gasteiger partial charge in [0.25, 0.3) is 5.91 Å². The molecule has 1 aromatic heterocycles. The number of fused-ring (bicyclic) bond motifs is 1. The number of carbonyl (C=O) groups is 1. The summed E-state index contributed by atoms with van der Waals surface area (Å²) in [6.07, 6.45) is 0.530. The van der Waals surface area contributed by atoms with Gasteiger partial charge in [-0.25, -0.2) is 0 Å². The summed E-state index contributed by atoms with van der Waals surface area (Å²) in [6, 6.07) is 12.7. The summed E-state index contributed by atoms with van der Waals surface area (Å²) in [6.45, 7) is 0.0583. The molecule has 0 saturated carbocycles. The lowest BCUT2D eigenvalue weighted by atomic mass is 10.1. The minimum Gasteiger partial charge on any atom is -0.495 e. The maximum atomic E-state index is 12.5. The van der Waals surface area contributed by atoms with E-state index in [4.69, 9.17) is 14.3 Å². The van der Waals surface area contributed by atoms with Gasteiger partial charge < -0.3 is 19.6 Å². The molecule has 0 unspecified atom stereocenters. The van der Waals surface area contributed by atoms with Crippen molar-refractivity contribution in [3.8, 4) is 5.75 Å². The van der Waals surface area contributed by atoms with Crippen LogP contribution in [0, 0.1) is 0 Å². The second-order valence-electron chi connectivity index (χ2n) is 5.23. The van der Waals surface area contributed by atoms with Crippen LogP contribution in [0.2, 0.25) is 0 Å². The molecule has 2 N–H and O–H groups in total. The number of halogens is 1. The van der Waals surface area contributed by atoms with Gasteiger partial charge in [0, 0.05) is 12.0 Å². The third-order valence-electron chi connectivity index (χ3n) is 3.63. The molecule has 1 heterocycles. The SMILES string of the molecule is COc1cc(CCO)ccc1NC(=O)c1cc2cccc(Br)c2o1. The van der Waals surface area contributed by atoms with Gasteiger partial charge in [-0.15, -0.1) is 0 Å². The van der Waals surface area contributed by atoms with E-state index in [0.717, 1.165) is 15.4 Å². The molecule has 24 heavy (non-hydrogen) atoms. The monoisotopic (exact) mass is 389 g/mol. The first kappa shape index (κ1) is 16.5. The molecule has 0 spiro atoms. The molecule has 0 aliphatic rings. The Balaban J connectivity index is 1.87. The highest BCUT2D eigenvalue weighted by atomic mass is 79.9. The molecule has 6 heteroatoms. The standard InChI is InChI=1S/C18H16BrNO4/c1-23-15-9-11(7-8-21)5-6-14(15)20-18(22)16-10-12-3-2-4-13(19)17(12)24-16/h2-6,9-10,21H,7-8H2,1H3,(H,20,22). The van der Waals surface area contributed by atoms with Gasteiger partial charge in [0.15, 0.2) is 5.76 Å². The number of benzene rings is 2. The number of aliphatic hydroxyl groups excluding tert-OH is 1. The number of hydrogen-bond donors (Lipinski definition) is 2. The highest BCUT2D eigenvalue weighted by Crippen LogP contribution is 2.29. The molecule has 5 nitrogen and oxygen atoms in total. The van der Waals surface area contributed by atoms with Crippen LogP contribution in [0.4, 0.5) is 5.69 Å². The van der Waals surface area contributed by atoms with Crippen molar-refractivity contribution >= 4 is 38.5 Å². The lowest BCUT2D eigenvalue weighted by Gasteiger charge is -2.11. The molecule has 0 fully saturated rings. The number of ether oxygens (including phenoxy) is 1. The molecule has 0 aliphatic heterocycles. The van der Waals surface area contributed by atoms with Gasteiger partial charge in [0.2, 0.25) is 0 Å². The zero-order chi connectivity index (χ0) is 17.1. The fourth-order valence-corrected chi connectivity index (χ4v) is 2.91. The molecular formula is C18H16BrNO4. The quantitative estimate of drug-likeness (QED) is 0.691. The van der Waals surface area contributed by atoms with E-state index in [1.165, 1.54) is 7.11 Å². The van der Waals surface area contributed by atoms with Crippen molar-refractivity contribution in [3.63, 3.8) is 0 Å². The van der Waals surface area contributed by atoms with Gasteiger partial charge >= 0.3 is 0 Å². The fourth-order valence-electron chi connectivity index (χ4n) is 2.45. The van der Waals surface area contributed by atoms with E-state index in [9.17, 15) is 4.79 Å². The van der Waals surface area contributed by atoms with Crippen molar-refractivity contribution in [3.05, 3.63) is 58.3 Å². The fraction of sp³-hybridized carbons (Fsp3) is 0.167. The second-order valence-corrected chi connectivity index (χ2v) is 6.09. The van der Waals surface area contributed by atoms with E-state index in [1.54, 1.807) is 18.2 Å². The number of furan rings is 1. The van der Waals surface area contributed by atoms with Gasteiger partial charge in [-0.3, -0.25) is 4.79 Å². The van der Waals surface area contributed by atoms with E-state index >= 15 is 0 Å². The van der Waals surface area contributed by atoms with Crippen LogP contribution in [0.1, 0.15) is 16.1 Å². The normalized spacial score (nSPS) is 10.8. The summed E-state index contributed by atoms with van der Waals surface area (Å²) in [5.41, 5.74) is 2.11. The van der Waals surface area contributed by atoms with E-state index in [0.29, 0.717) is 23.4 Å². The number of anilines is 1. The summed E-state index contributed by atoms with van der Waals surface area (Å²) in [5, 5.41) is 12.7. The Morgan fingerprint density at radius 1 is 1.29 bits per heavy atom. The third-order valence-corrected chi connectivity index (χ3v) is 4.26. The molecule has 0 atom stereocenters. The summed E-state index contributed by atoms with van der Waals surface area (Å²) >= 11 is 3.41. The highest BCUT2D eigenvalue weighted by molar-refractivity contribution is 9.10. The largest absolute Gasteiger partial charge is 0.495 e. The predicted molar refractivity (Wildman–Crippen MR) is 95.7 cm³/mol. The van der Waals surface area contributed by atoms with Crippen molar-refractivity contribution < 1.29 is 19.1 Å². The summed E-state index contributed by atoms with van der Waals surface area (Å²) in [5.74, 6) is 0.399. The minimum absolute atomic E-state index is 0.0583. The van der Waals surface area contributed by atoms with Gasteiger partial charge in [0.1, 0.15) is 11.3 Å². The summed E-state index contributed by atoms with van der Waals surface area (Å²) < 4.78 is 11.7. The van der Waals surface area contributed by atoms with Gasteiger partial charge in [0.05, 0.1) is 17.3 Å². The number of nitrogens with one attached hydrogen (secondary N) is 1. The Bertz CT molecular complexity index is 888. The first-order valence-corrected chi connectivity index (χ1v) is 8.19. The number of methoxy groups -OCH3 is 1. The van der Waals surface area contributed by atoms with Crippen LogP contribution in [0.15, 0.2) is 51.4 Å². The van der Waals surface area contributed by atoms with Crippen LogP contribution in [0.3, 0.4) is 0 Å². The van der Waals surface area contributed by atoms with Crippen LogP contribution in [0.5, 0.6) is 5.75 Å². The number of amides is 1. The van der Waals surface area contributed by atoms with Crippen molar-refractivity contribution in [2.45, 2.75) is 6.42 Å². The number of hydrogen-bond acceptors (Lipinski definition) is 4. The number of rotatable bonds is 5. The van der Waals surface area contributed by atoms with Crippen LogP contribution in [-0.2, 0) is 6.42 Å². The minimum atomic E-state index is -0.355. The number of aliphatic hydroxyl groups is 1. The lowest BCUT2D eigenvalue weighted by molar-refractivity contribution is 0.0998. The van der Waals surface area contributed by atoms with Crippen LogP contribution < -0.4 is 10.1 Å². The second kappa shape index (κ2) is 7.07. The van der Waals surface area contributed by atoms with Crippen LogP contribution >= 0.6 is 15.9 Å². The number of carbonyl (C=O) groups excluding carboxylic acids is 1. The predicted octanol–water partition coefficient (Wildman–Crippen LogP) is 3.99. The Labute approximate surface area is 147 Å². The van der Waals surface area contributed by atoms with Crippen molar-refractivity contribution in [2.24, 2.45) is 0 Å². The molecule has 0 radical (unpaired) electrons. The first-order chi connectivity index (χ1) is 11.6. The van der Waals surface area contributed by atoms with Crippen molar-refractivity contribution in [1.82, 2.24) is 0 Å². The van der Waals surface area contributed by atoms with E-state index < -0.39 is 0 Å². The van der Waals surface area contributed by atoms with E-state index in [2.05, 4.69) is 21.2 Å². The maximum absolute atomic E-state index is 12.5. The summed E-state index contributed by atoms with van der Waals surface area (Å²) in [7, 11) is 1.53. The van der Waals surface area contributed by atoms with Gasteiger partial charge in [-0.05, 0) is 52.2 Å². The smallest absolute Gasteiger partial charge is 0.291 e. The van der Waals surface area contributed by atoms with Crippen LogP contribution in [-0.4, -0.2) is 24.7 Å². The maximum Gasteiger partial charge on any atom is 0.291 e. The zero-order valence-corrected chi connectivity index (χ0v) is 14.6. The molecule has 3 aromatic rings. The van der Waals surface area contributed by atoms with Crippen molar-refractivity contribution in [2.75, 3.05) is 19.0 Å². The van der Waals surface area contributed by atoms with E-state index in [1.807, 2.05) is 24.3 Å². The molecule has 2 aromatic carbocycles. The average molecular weight is 390 g/mol. The molecule has 0 saturated heterocycles. The zero-order valence-electron chi connectivity index (χ0n) is 13.0. The Morgan fingerprint density at radius 2 is 2.12 bits per heavy atom. The molecule has 3 rings (SSSR count). The Morgan fingerprint density at radius 3 is 2.83 bits per heavy atom. The van der Waals surface area contributed by atoms with Crippen LogP contribution in [0.25, 0.3) is 11.0 Å². The number of para-hydroxylation sites is 1. The molecule has 1 amide bonds. The average Bonchev–Trinajstić information content (AvgIpc) is 3.02. The Kier molecular flexibility index (Phi) is 4.87. The topological polar surface area (TPSA) is 71.7 Å². The van der Waals surface area contributed by atoms with Crippen molar-refractivity contribution in [1.29, 1.82) is 0 Å². The lowest BCUT2D eigenvalue weighted by Crippen LogP contribution is -2.12. The highest BCUT2D eigenvalue weighted by Gasteiger charge is 2.16. The molecule has 0 bridgehead atoms. The van der Waals surface area contributed by atoms with Gasteiger partial charge in [-0.1, -0.05) is 18.2 Å². The molecule has 0 aliphatic carbocycles. The molecular weight excluding hydrogens is 374 g/mol. The Hall–Kier alpha value is -2.31. The van der Waals surface area contributed by atoms with E-state index in [-0.39, 0.29) is 18.3 Å². The van der Waals surface area contributed by atoms with Gasteiger partial charge in [-0.2, -0.15) is 0 Å². The summed E-state index contributed by atoms with van der Waals surface area (Å²) in [4.78, 5) is 12.5.